The Morgan fingerprint density at radius 1 is 1.05 bits per heavy atom. The van der Waals surface area contributed by atoms with Gasteiger partial charge in [0.2, 0.25) is 5.82 Å². The van der Waals surface area contributed by atoms with Crippen LogP contribution in [0.5, 0.6) is 11.5 Å². The first-order valence-electron chi connectivity index (χ1n) is 13.3. The molecule has 0 aliphatic carbocycles. The fourth-order valence-electron chi connectivity index (χ4n) is 4.88. The number of sulfone groups is 1. The SMILES string of the molecule is COc1ccccc1-c1noc(COc2ccc(C3CCN(C(=O)[O-])CC3OCc3ccc(S(C)(=O)=O)cc3)cc2)n1. The lowest BCUT2D eigenvalue weighted by Gasteiger charge is -2.40. The maximum Gasteiger partial charge on any atom is 0.264 e. The molecule has 1 aliphatic rings. The van der Waals surface area contributed by atoms with Gasteiger partial charge in [-0.05, 0) is 53.9 Å². The summed E-state index contributed by atoms with van der Waals surface area (Å²) < 4.78 is 46.2. The number of carbonyl (C=O) groups excluding carboxylic acids is 1. The fraction of sp³-hybridized carbons (Fsp3) is 0.300. The van der Waals surface area contributed by atoms with E-state index in [0.717, 1.165) is 17.4 Å². The molecule has 11 nitrogen and oxygen atoms in total. The van der Waals surface area contributed by atoms with Crippen LogP contribution in [0.25, 0.3) is 11.4 Å². The van der Waals surface area contributed by atoms with Gasteiger partial charge in [-0.2, -0.15) is 4.98 Å². The van der Waals surface area contributed by atoms with Gasteiger partial charge in [0.25, 0.3) is 5.89 Å². The average Bonchev–Trinajstić information content (AvgIpc) is 3.48. The van der Waals surface area contributed by atoms with Crippen LogP contribution < -0.4 is 14.6 Å². The second-order valence-corrected chi connectivity index (χ2v) is 12.0. The molecule has 0 N–H and O–H groups in total. The van der Waals surface area contributed by atoms with Gasteiger partial charge in [-0.3, -0.25) is 0 Å². The van der Waals surface area contributed by atoms with Gasteiger partial charge in [0.15, 0.2) is 16.4 Å². The Labute approximate surface area is 243 Å². The zero-order valence-electron chi connectivity index (χ0n) is 23.1. The van der Waals surface area contributed by atoms with E-state index in [1.807, 2.05) is 48.5 Å². The number of methoxy groups -OCH3 is 1. The lowest BCUT2D eigenvalue weighted by molar-refractivity contribution is -0.268. The van der Waals surface area contributed by atoms with Gasteiger partial charge >= 0.3 is 0 Å². The lowest BCUT2D eigenvalue weighted by Crippen LogP contribution is -2.51. The molecule has 5 rings (SSSR count). The summed E-state index contributed by atoms with van der Waals surface area (Å²) in [5.41, 5.74) is 2.48. The first-order chi connectivity index (χ1) is 20.2. The summed E-state index contributed by atoms with van der Waals surface area (Å²) in [4.78, 5) is 17.4. The molecule has 1 aromatic heterocycles. The van der Waals surface area contributed by atoms with Crippen molar-refractivity contribution in [2.24, 2.45) is 0 Å². The number of hydrogen-bond acceptors (Lipinski definition) is 10. The van der Waals surface area contributed by atoms with Crippen LogP contribution in [0, 0.1) is 0 Å². The monoisotopic (exact) mass is 592 g/mol. The quantitative estimate of drug-likeness (QED) is 0.269. The molecule has 220 valence electrons. The zero-order valence-corrected chi connectivity index (χ0v) is 24.0. The number of benzene rings is 3. The van der Waals surface area contributed by atoms with E-state index in [2.05, 4.69) is 10.1 Å². The largest absolute Gasteiger partial charge is 0.530 e. The molecular formula is C30H30N3O8S-. The van der Waals surface area contributed by atoms with Crippen LogP contribution in [0.2, 0.25) is 0 Å². The van der Waals surface area contributed by atoms with E-state index >= 15 is 0 Å². The number of ether oxygens (including phenoxy) is 3. The van der Waals surface area contributed by atoms with Crippen molar-refractivity contribution in [1.82, 2.24) is 15.0 Å². The second-order valence-electron chi connectivity index (χ2n) is 9.94. The molecule has 0 spiro atoms. The molecule has 4 aromatic rings. The highest BCUT2D eigenvalue weighted by Crippen LogP contribution is 2.32. The average molecular weight is 593 g/mol. The molecule has 0 bridgehead atoms. The zero-order chi connectivity index (χ0) is 29.7. The molecule has 0 radical (unpaired) electrons. The summed E-state index contributed by atoms with van der Waals surface area (Å²) in [7, 11) is -1.72. The summed E-state index contributed by atoms with van der Waals surface area (Å²) >= 11 is 0. The minimum Gasteiger partial charge on any atom is -0.530 e. The number of likely N-dealkylation sites (tertiary alicyclic amines) is 1. The summed E-state index contributed by atoms with van der Waals surface area (Å²) in [6.45, 7) is 0.780. The van der Waals surface area contributed by atoms with Crippen LogP contribution >= 0.6 is 0 Å². The number of carboxylic acid groups (broad SMARTS) is 1. The van der Waals surface area contributed by atoms with Crippen molar-refractivity contribution >= 4 is 15.9 Å². The number of rotatable bonds is 10. The van der Waals surface area contributed by atoms with E-state index in [4.69, 9.17) is 18.7 Å². The summed E-state index contributed by atoms with van der Waals surface area (Å²) in [6, 6.07) is 21.4. The van der Waals surface area contributed by atoms with Crippen molar-refractivity contribution in [3.05, 3.63) is 89.8 Å². The Balaban J connectivity index is 1.23. The third-order valence-electron chi connectivity index (χ3n) is 7.12. The predicted molar refractivity (Wildman–Crippen MR) is 150 cm³/mol. The van der Waals surface area contributed by atoms with Crippen LogP contribution in [-0.4, -0.2) is 62.1 Å². The number of para-hydroxylation sites is 1. The van der Waals surface area contributed by atoms with E-state index < -0.39 is 22.0 Å². The maximum absolute atomic E-state index is 11.7. The Hall–Kier alpha value is -4.42. The molecule has 12 heteroatoms. The van der Waals surface area contributed by atoms with Crippen LogP contribution in [0.4, 0.5) is 4.79 Å². The Morgan fingerprint density at radius 2 is 1.79 bits per heavy atom. The molecule has 1 amide bonds. The van der Waals surface area contributed by atoms with E-state index in [1.165, 1.54) is 17.0 Å². The van der Waals surface area contributed by atoms with Crippen molar-refractivity contribution in [1.29, 1.82) is 0 Å². The predicted octanol–water partition coefficient (Wildman–Crippen LogP) is 3.45. The number of hydrogen-bond donors (Lipinski definition) is 0. The smallest absolute Gasteiger partial charge is 0.264 e. The van der Waals surface area contributed by atoms with E-state index in [-0.39, 0.29) is 30.6 Å². The molecule has 42 heavy (non-hydrogen) atoms. The van der Waals surface area contributed by atoms with Gasteiger partial charge in [0, 0.05) is 25.3 Å². The van der Waals surface area contributed by atoms with Gasteiger partial charge in [0.05, 0.1) is 30.3 Å². The standard InChI is InChI=1S/C30H31N3O8S/c1-38-26-6-4-3-5-25(26)29-31-28(41-32-29)19-39-22-11-9-21(10-12-22)24-15-16-33(30(34)35)17-27(24)40-18-20-7-13-23(14-8-20)42(2,36)37/h3-14,24,27H,15-19H2,1-2H3,(H,34,35)/p-1. The molecule has 1 saturated heterocycles. The number of aromatic nitrogens is 2. The van der Waals surface area contributed by atoms with Crippen LogP contribution in [-0.2, 0) is 27.8 Å². The van der Waals surface area contributed by atoms with Gasteiger partial charge in [-0.15, -0.1) is 0 Å². The number of piperidine rings is 1. The van der Waals surface area contributed by atoms with E-state index in [0.29, 0.717) is 41.7 Å². The van der Waals surface area contributed by atoms with E-state index in [9.17, 15) is 18.3 Å². The number of nitrogens with zero attached hydrogens (tertiary/aromatic N) is 3. The Bertz CT molecular complexity index is 1620. The minimum atomic E-state index is -3.30. The van der Waals surface area contributed by atoms with Crippen molar-refractivity contribution in [2.75, 3.05) is 26.5 Å². The van der Waals surface area contributed by atoms with Crippen molar-refractivity contribution in [3.63, 3.8) is 0 Å². The highest BCUT2D eigenvalue weighted by atomic mass is 32.2. The molecule has 2 atom stereocenters. The van der Waals surface area contributed by atoms with Gasteiger partial charge < -0.3 is 33.5 Å². The summed E-state index contributed by atoms with van der Waals surface area (Å²) in [5.74, 6) is 1.89. The molecule has 2 heterocycles. The highest BCUT2D eigenvalue weighted by molar-refractivity contribution is 7.90. The van der Waals surface area contributed by atoms with Gasteiger partial charge in [0.1, 0.15) is 17.6 Å². The van der Waals surface area contributed by atoms with Crippen molar-refractivity contribution in [2.45, 2.75) is 36.6 Å². The van der Waals surface area contributed by atoms with Crippen molar-refractivity contribution in [3.8, 4) is 22.9 Å². The van der Waals surface area contributed by atoms with Gasteiger partial charge in [-0.1, -0.05) is 41.6 Å². The first kappa shape index (κ1) is 29.1. The summed E-state index contributed by atoms with van der Waals surface area (Å²) in [6.07, 6.45) is 0.0445. The maximum atomic E-state index is 11.7. The van der Waals surface area contributed by atoms with Crippen LogP contribution in [0.1, 0.15) is 29.4 Å². The normalized spacial score (nSPS) is 17.1. The lowest BCUT2D eigenvalue weighted by atomic mass is 9.87. The fourth-order valence-corrected chi connectivity index (χ4v) is 5.51. The Morgan fingerprint density at radius 3 is 2.48 bits per heavy atom. The minimum absolute atomic E-state index is 0.0655. The second kappa shape index (κ2) is 12.6. The third-order valence-corrected chi connectivity index (χ3v) is 8.25. The molecule has 1 fully saturated rings. The molecule has 3 aromatic carbocycles. The third kappa shape index (κ3) is 6.89. The first-order valence-corrected chi connectivity index (χ1v) is 15.2. The molecule has 2 unspecified atom stereocenters. The topological polar surface area (TPSA) is 144 Å². The summed E-state index contributed by atoms with van der Waals surface area (Å²) in [5, 5.41) is 15.6. The van der Waals surface area contributed by atoms with Crippen molar-refractivity contribution < 1.29 is 37.1 Å². The van der Waals surface area contributed by atoms with Gasteiger partial charge in [-0.25, -0.2) is 8.42 Å². The number of carbonyl (C=O) groups is 1. The number of amides is 1. The van der Waals surface area contributed by atoms with E-state index in [1.54, 1.807) is 19.2 Å². The molecular weight excluding hydrogens is 562 g/mol. The Kier molecular flexibility index (Phi) is 8.74. The molecule has 0 saturated carbocycles. The van der Waals surface area contributed by atoms with Crippen LogP contribution in [0.3, 0.4) is 0 Å². The molecule has 1 aliphatic heterocycles. The highest BCUT2D eigenvalue weighted by Gasteiger charge is 2.31. The van der Waals surface area contributed by atoms with Crippen LogP contribution in [0.15, 0.2) is 82.2 Å².